The summed E-state index contributed by atoms with van der Waals surface area (Å²) in [5.41, 5.74) is 0. The number of anilines is 1. The minimum absolute atomic E-state index is 0.122. The number of rotatable bonds is 2. The first-order valence-corrected chi connectivity index (χ1v) is 6.25. The first-order valence-electron chi connectivity index (χ1n) is 6.25. The first-order chi connectivity index (χ1) is 8.97. The van der Waals surface area contributed by atoms with Crippen LogP contribution in [-0.4, -0.2) is 17.1 Å². The highest BCUT2D eigenvalue weighted by Crippen LogP contribution is 2.40. The van der Waals surface area contributed by atoms with Crippen molar-refractivity contribution in [2.75, 3.05) is 5.32 Å². The van der Waals surface area contributed by atoms with Crippen molar-refractivity contribution in [1.29, 1.82) is 0 Å². The van der Waals surface area contributed by atoms with Gasteiger partial charge in [0.15, 0.2) is 0 Å². The number of aromatic nitrogens is 1. The fraction of sp³-hybridized carbons (Fsp3) is 0.538. The van der Waals surface area contributed by atoms with Gasteiger partial charge in [-0.2, -0.15) is 13.2 Å². The van der Waals surface area contributed by atoms with Crippen LogP contribution >= 0.6 is 0 Å². The monoisotopic (exact) mass is 272 g/mol. The molecule has 1 fully saturated rings. The van der Waals surface area contributed by atoms with Gasteiger partial charge in [-0.1, -0.05) is 12.5 Å². The SMILES string of the molecule is O=C(Nc1ccccn1)[C@H]1CCC[C@@H](C(F)(F)F)C1. The Labute approximate surface area is 109 Å². The van der Waals surface area contributed by atoms with Gasteiger partial charge in [0.05, 0.1) is 5.92 Å². The molecule has 0 unspecified atom stereocenters. The third-order valence-corrected chi connectivity index (χ3v) is 3.42. The van der Waals surface area contributed by atoms with Crippen molar-refractivity contribution in [3.05, 3.63) is 24.4 Å². The molecule has 1 aromatic heterocycles. The van der Waals surface area contributed by atoms with Crippen molar-refractivity contribution < 1.29 is 18.0 Å². The van der Waals surface area contributed by atoms with Crippen LogP contribution in [0.2, 0.25) is 0 Å². The van der Waals surface area contributed by atoms with Crippen LogP contribution in [0.25, 0.3) is 0 Å². The molecule has 1 aliphatic carbocycles. The minimum Gasteiger partial charge on any atom is -0.310 e. The largest absolute Gasteiger partial charge is 0.391 e. The van der Waals surface area contributed by atoms with Crippen LogP contribution in [0.4, 0.5) is 19.0 Å². The van der Waals surface area contributed by atoms with Crippen LogP contribution in [-0.2, 0) is 4.79 Å². The molecule has 1 saturated carbocycles. The molecule has 2 rings (SSSR count). The molecule has 2 atom stereocenters. The van der Waals surface area contributed by atoms with Gasteiger partial charge in [-0.15, -0.1) is 0 Å². The molecule has 0 aliphatic heterocycles. The molecule has 0 bridgehead atoms. The lowest BCUT2D eigenvalue weighted by molar-refractivity contribution is -0.185. The molecule has 1 N–H and O–H groups in total. The average molecular weight is 272 g/mol. The average Bonchev–Trinajstić information content (AvgIpc) is 2.39. The maximum Gasteiger partial charge on any atom is 0.391 e. The van der Waals surface area contributed by atoms with Gasteiger partial charge in [0.1, 0.15) is 5.82 Å². The molecule has 1 amide bonds. The molecule has 0 aromatic carbocycles. The zero-order chi connectivity index (χ0) is 13.9. The summed E-state index contributed by atoms with van der Waals surface area (Å²) in [7, 11) is 0. The van der Waals surface area contributed by atoms with E-state index in [-0.39, 0.29) is 18.7 Å². The van der Waals surface area contributed by atoms with E-state index in [1.54, 1.807) is 18.2 Å². The van der Waals surface area contributed by atoms with Gasteiger partial charge in [0.2, 0.25) is 5.91 Å². The van der Waals surface area contributed by atoms with Gasteiger partial charge in [-0.05, 0) is 31.4 Å². The third kappa shape index (κ3) is 3.68. The molecular formula is C13H15F3N2O. The highest BCUT2D eigenvalue weighted by molar-refractivity contribution is 5.91. The smallest absolute Gasteiger partial charge is 0.310 e. The van der Waals surface area contributed by atoms with E-state index in [9.17, 15) is 18.0 Å². The van der Waals surface area contributed by atoms with Crippen LogP contribution in [0, 0.1) is 11.8 Å². The summed E-state index contributed by atoms with van der Waals surface area (Å²) in [5, 5.41) is 2.57. The predicted molar refractivity (Wildman–Crippen MR) is 64.4 cm³/mol. The predicted octanol–water partition coefficient (Wildman–Crippen LogP) is 3.39. The molecule has 1 heterocycles. The zero-order valence-electron chi connectivity index (χ0n) is 10.3. The van der Waals surface area contributed by atoms with E-state index in [1.165, 1.54) is 6.20 Å². The fourth-order valence-corrected chi connectivity index (χ4v) is 2.39. The van der Waals surface area contributed by atoms with Crippen LogP contribution < -0.4 is 5.32 Å². The van der Waals surface area contributed by atoms with Crippen molar-refractivity contribution in [2.24, 2.45) is 11.8 Å². The van der Waals surface area contributed by atoms with Crippen molar-refractivity contribution in [3.63, 3.8) is 0 Å². The second kappa shape index (κ2) is 5.59. The van der Waals surface area contributed by atoms with Crippen molar-refractivity contribution >= 4 is 11.7 Å². The summed E-state index contributed by atoms with van der Waals surface area (Å²) in [4.78, 5) is 15.8. The van der Waals surface area contributed by atoms with Gasteiger partial charge in [0.25, 0.3) is 0 Å². The molecule has 1 aromatic rings. The standard InChI is InChI=1S/C13H15F3N2O/c14-13(15,16)10-5-3-4-9(8-10)12(19)18-11-6-1-2-7-17-11/h1-2,6-7,9-10H,3-5,8H2,(H,17,18,19)/t9-,10+/m0/s1. The lowest BCUT2D eigenvalue weighted by Gasteiger charge is -2.29. The Kier molecular flexibility index (Phi) is 4.07. The van der Waals surface area contributed by atoms with Gasteiger partial charge in [-0.3, -0.25) is 4.79 Å². The second-order valence-corrected chi connectivity index (χ2v) is 4.81. The maximum atomic E-state index is 12.7. The summed E-state index contributed by atoms with van der Waals surface area (Å²) in [6.45, 7) is 0. The van der Waals surface area contributed by atoms with E-state index < -0.39 is 18.0 Å². The Morgan fingerprint density at radius 2 is 2.11 bits per heavy atom. The summed E-state index contributed by atoms with van der Waals surface area (Å²) in [5.74, 6) is -1.93. The van der Waals surface area contributed by atoms with Crippen molar-refractivity contribution in [3.8, 4) is 0 Å². The number of hydrogen-bond acceptors (Lipinski definition) is 2. The second-order valence-electron chi connectivity index (χ2n) is 4.81. The van der Waals surface area contributed by atoms with Gasteiger partial charge >= 0.3 is 6.18 Å². The Bertz CT molecular complexity index is 433. The number of nitrogens with one attached hydrogen (secondary N) is 1. The Morgan fingerprint density at radius 1 is 1.32 bits per heavy atom. The lowest BCUT2D eigenvalue weighted by Crippen LogP contribution is -2.34. The van der Waals surface area contributed by atoms with Crippen LogP contribution in [0.5, 0.6) is 0 Å². The topological polar surface area (TPSA) is 42.0 Å². The summed E-state index contributed by atoms with van der Waals surface area (Å²) >= 11 is 0. The normalized spacial score (nSPS) is 23.9. The van der Waals surface area contributed by atoms with E-state index in [0.29, 0.717) is 18.7 Å². The molecule has 6 heteroatoms. The molecule has 0 radical (unpaired) electrons. The first kappa shape index (κ1) is 13.8. The van der Waals surface area contributed by atoms with Gasteiger partial charge in [-0.25, -0.2) is 4.98 Å². The molecule has 0 spiro atoms. The van der Waals surface area contributed by atoms with E-state index in [1.807, 2.05) is 0 Å². The molecule has 104 valence electrons. The Hall–Kier alpha value is -1.59. The maximum absolute atomic E-state index is 12.7. The van der Waals surface area contributed by atoms with E-state index >= 15 is 0 Å². The summed E-state index contributed by atoms with van der Waals surface area (Å²) < 4.78 is 38.0. The number of hydrogen-bond donors (Lipinski definition) is 1. The number of nitrogens with zero attached hydrogens (tertiary/aromatic N) is 1. The number of halogens is 3. The molecule has 0 saturated heterocycles. The van der Waals surface area contributed by atoms with Gasteiger partial charge < -0.3 is 5.32 Å². The third-order valence-electron chi connectivity index (χ3n) is 3.42. The number of carbonyl (C=O) groups excluding carboxylic acids is 1. The molecular weight excluding hydrogens is 257 g/mol. The molecule has 3 nitrogen and oxygen atoms in total. The number of alkyl halides is 3. The van der Waals surface area contributed by atoms with E-state index in [2.05, 4.69) is 10.3 Å². The quantitative estimate of drug-likeness (QED) is 0.896. The fourth-order valence-electron chi connectivity index (χ4n) is 2.39. The molecule has 1 aliphatic rings. The van der Waals surface area contributed by atoms with Crippen LogP contribution in [0.15, 0.2) is 24.4 Å². The van der Waals surface area contributed by atoms with Crippen molar-refractivity contribution in [1.82, 2.24) is 4.98 Å². The van der Waals surface area contributed by atoms with Crippen LogP contribution in [0.3, 0.4) is 0 Å². The van der Waals surface area contributed by atoms with Crippen LogP contribution in [0.1, 0.15) is 25.7 Å². The number of pyridine rings is 1. The minimum atomic E-state index is -4.20. The number of carbonyl (C=O) groups is 1. The van der Waals surface area contributed by atoms with Gasteiger partial charge in [0, 0.05) is 12.1 Å². The van der Waals surface area contributed by atoms with Crippen molar-refractivity contribution in [2.45, 2.75) is 31.9 Å². The van der Waals surface area contributed by atoms with E-state index in [4.69, 9.17) is 0 Å². The number of amides is 1. The lowest BCUT2D eigenvalue weighted by atomic mass is 9.80. The summed E-state index contributed by atoms with van der Waals surface area (Å²) in [6, 6.07) is 5.03. The summed E-state index contributed by atoms with van der Waals surface area (Å²) in [6.07, 6.45) is -1.74. The Balaban J connectivity index is 1.96. The highest BCUT2D eigenvalue weighted by Gasteiger charge is 2.43. The Morgan fingerprint density at radius 3 is 2.74 bits per heavy atom. The zero-order valence-corrected chi connectivity index (χ0v) is 10.3. The molecule has 19 heavy (non-hydrogen) atoms. The highest BCUT2D eigenvalue weighted by atomic mass is 19.4. The van der Waals surface area contributed by atoms with E-state index in [0.717, 1.165) is 0 Å².